The summed E-state index contributed by atoms with van der Waals surface area (Å²) in [7, 11) is 0. The third-order valence-electron chi connectivity index (χ3n) is 2.57. The number of amides is 1. The van der Waals surface area contributed by atoms with Gasteiger partial charge in [-0.05, 0) is 19.3 Å². The van der Waals surface area contributed by atoms with Crippen LogP contribution in [0.15, 0.2) is 0 Å². The van der Waals surface area contributed by atoms with E-state index in [0.29, 0.717) is 25.4 Å². The molecule has 0 radical (unpaired) electrons. The summed E-state index contributed by atoms with van der Waals surface area (Å²) >= 11 is 0. The largest absolute Gasteiger partial charge is 0.392 e. The standard InChI is InChI=1S/C13H28N2O3/c1-5-6-11(17)12(14-8-10(4)16)13(18)15-7-9(2)3/h9-12,14,16-17H,5-8H2,1-4H3,(H,15,18). The van der Waals surface area contributed by atoms with Crippen molar-refractivity contribution in [2.24, 2.45) is 5.92 Å². The average Bonchev–Trinajstić information content (AvgIpc) is 2.26. The minimum absolute atomic E-state index is 0.203. The molecule has 0 heterocycles. The number of nitrogens with one attached hydrogen (secondary N) is 2. The molecule has 18 heavy (non-hydrogen) atoms. The highest BCUT2D eigenvalue weighted by Crippen LogP contribution is 2.03. The van der Waals surface area contributed by atoms with Crippen molar-refractivity contribution in [3.63, 3.8) is 0 Å². The van der Waals surface area contributed by atoms with Crippen LogP contribution >= 0.6 is 0 Å². The van der Waals surface area contributed by atoms with E-state index in [1.54, 1.807) is 6.92 Å². The molecule has 0 fully saturated rings. The summed E-state index contributed by atoms with van der Waals surface area (Å²) in [6, 6.07) is -0.654. The van der Waals surface area contributed by atoms with Gasteiger partial charge in [0.15, 0.2) is 0 Å². The summed E-state index contributed by atoms with van der Waals surface area (Å²) in [6.07, 6.45) is 0.109. The SMILES string of the molecule is CCCC(O)C(NCC(C)O)C(=O)NCC(C)C. The molecule has 0 spiro atoms. The van der Waals surface area contributed by atoms with Crippen LogP contribution in [0, 0.1) is 5.92 Å². The van der Waals surface area contributed by atoms with Gasteiger partial charge in [0.1, 0.15) is 6.04 Å². The van der Waals surface area contributed by atoms with Crippen LogP contribution in [0.25, 0.3) is 0 Å². The van der Waals surface area contributed by atoms with Gasteiger partial charge in [-0.15, -0.1) is 0 Å². The van der Waals surface area contributed by atoms with Crippen LogP contribution in [0.1, 0.15) is 40.5 Å². The highest BCUT2D eigenvalue weighted by molar-refractivity contribution is 5.82. The van der Waals surface area contributed by atoms with Gasteiger partial charge in [-0.3, -0.25) is 4.79 Å². The predicted octanol–water partition coefficient (Wildman–Crippen LogP) is 0.259. The molecule has 3 unspecified atom stereocenters. The second kappa shape index (κ2) is 9.30. The van der Waals surface area contributed by atoms with Gasteiger partial charge < -0.3 is 20.8 Å². The molecule has 0 aromatic heterocycles. The molecule has 1 amide bonds. The Morgan fingerprint density at radius 3 is 2.22 bits per heavy atom. The van der Waals surface area contributed by atoms with E-state index in [4.69, 9.17) is 0 Å². The smallest absolute Gasteiger partial charge is 0.239 e. The minimum atomic E-state index is -0.721. The van der Waals surface area contributed by atoms with E-state index >= 15 is 0 Å². The van der Waals surface area contributed by atoms with E-state index in [9.17, 15) is 15.0 Å². The lowest BCUT2D eigenvalue weighted by Gasteiger charge is -2.24. The van der Waals surface area contributed by atoms with Crippen LogP contribution in [-0.2, 0) is 4.79 Å². The predicted molar refractivity (Wildman–Crippen MR) is 72.2 cm³/mol. The summed E-state index contributed by atoms with van der Waals surface area (Å²) < 4.78 is 0. The molecule has 4 N–H and O–H groups in total. The molecule has 0 aliphatic heterocycles. The molecule has 0 rings (SSSR count). The molecular weight excluding hydrogens is 232 g/mol. The monoisotopic (exact) mass is 260 g/mol. The average molecular weight is 260 g/mol. The second-order valence-electron chi connectivity index (χ2n) is 5.23. The Morgan fingerprint density at radius 2 is 1.78 bits per heavy atom. The highest BCUT2D eigenvalue weighted by Gasteiger charge is 2.25. The van der Waals surface area contributed by atoms with Crippen LogP contribution < -0.4 is 10.6 Å². The van der Waals surface area contributed by atoms with Crippen molar-refractivity contribution in [2.45, 2.75) is 58.8 Å². The third-order valence-corrected chi connectivity index (χ3v) is 2.57. The Labute approximate surface area is 110 Å². The van der Waals surface area contributed by atoms with Gasteiger partial charge in [0.25, 0.3) is 0 Å². The van der Waals surface area contributed by atoms with Crippen molar-refractivity contribution in [2.75, 3.05) is 13.1 Å². The quantitative estimate of drug-likeness (QED) is 0.479. The van der Waals surface area contributed by atoms with Crippen molar-refractivity contribution in [3.8, 4) is 0 Å². The molecule has 5 heteroatoms. The van der Waals surface area contributed by atoms with Crippen molar-refractivity contribution in [1.29, 1.82) is 0 Å². The molecule has 0 aromatic carbocycles. The van der Waals surface area contributed by atoms with Crippen LogP contribution in [0.3, 0.4) is 0 Å². The van der Waals surface area contributed by atoms with E-state index in [1.807, 2.05) is 20.8 Å². The lowest BCUT2D eigenvalue weighted by Crippen LogP contribution is -2.53. The first-order valence-corrected chi connectivity index (χ1v) is 6.75. The fourth-order valence-corrected chi connectivity index (χ4v) is 1.58. The van der Waals surface area contributed by atoms with Crippen LogP contribution in [0.4, 0.5) is 0 Å². The maximum Gasteiger partial charge on any atom is 0.239 e. The lowest BCUT2D eigenvalue weighted by molar-refractivity contribution is -0.126. The summed E-state index contributed by atoms with van der Waals surface area (Å²) in [5.41, 5.74) is 0. The van der Waals surface area contributed by atoms with Gasteiger partial charge >= 0.3 is 0 Å². The molecule has 0 aromatic rings. The van der Waals surface area contributed by atoms with Gasteiger partial charge in [-0.1, -0.05) is 27.2 Å². The van der Waals surface area contributed by atoms with E-state index in [-0.39, 0.29) is 5.91 Å². The fourth-order valence-electron chi connectivity index (χ4n) is 1.58. The third kappa shape index (κ3) is 7.63. The van der Waals surface area contributed by atoms with E-state index in [2.05, 4.69) is 10.6 Å². The number of hydrogen-bond donors (Lipinski definition) is 4. The molecule has 0 aliphatic rings. The number of hydrogen-bond acceptors (Lipinski definition) is 4. The summed E-state index contributed by atoms with van der Waals surface area (Å²) in [6.45, 7) is 8.51. The first kappa shape index (κ1) is 17.4. The van der Waals surface area contributed by atoms with E-state index in [0.717, 1.165) is 6.42 Å². The fraction of sp³-hybridized carbons (Fsp3) is 0.923. The van der Waals surface area contributed by atoms with Gasteiger partial charge in [0, 0.05) is 13.1 Å². The number of carbonyl (C=O) groups is 1. The lowest BCUT2D eigenvalue weighted by atomic mass is 10.0. The molecule has 0 bridgehead atoms. The Morgan fingerprint density at radius 1 is 1.17 bits per heavy atom. The maximum absolute atomic E-state index is 12.0. The summed E-state index contributed by atoms with van der Waals surface area (Å²) in [5, 5.41) is 24.9. The number of rotatable bonds is 9. The maximum atomic E-state index is 12.0. The van der Waals surface area contributed by atoms with Crippen molar-refractivity contribution in [1.82, 2.24) is 10.6 Å². The second-order valence-corrected chi connectivity index (χ2v) is 5.23. The Balaban J connectivity index is 4.38. The van der Waals surface area contributed by atoms with Crippen molar-refractivity contribution in [3.05, 3.63) is 0 Å². The van der Waals surface area contributed by atoms with Crippen molar-refractivity contribution < 1.29 is 15.0 Å². The van der Waals surface area contributed by atoms with Crippen molar-refractivity contribution >= 4 is 5.91 Å². The summed E-state index contributed by atoms with van der Waals surface area (Å²) in [4.78, 5) is 12.0. The molecule has 108 valence electrons. The van der Waals surface area contributed by atoms with Gasteiger partial charge in [-0.25, -0.2) is 0 Å². The van der Waals surface area contributed by atoms with E-state index < -0.39 is 18.2 Å². The van der Waals surface area contributed by atoms with Crippen LogP contribution in [-0.4, -0.2) is 47.5 Å². The topological polar surface area (TPSA) is 81.6 Å². The first-order chi connectivity index (χ1) is 8.38. The Bertz CT molecular complexity index is 232. The first-order valence-electron chi connectivity index (χ1n) is 6.75. The molecule has 0 aliphatic carbocycles. The normalized spacial score (nSPS) is 16.4. The Kier molecular flexibility index (Phi) is 8.97. The minimum Gasteiger partial charge on any atom is -0.392 e. The van der Waals surface area contributed by atoms with Gasteiger partial charge in [0.05, 0.1) is 12.2 Å². The van der Waals surface area contributed by atoms with Crippen LogP contribution in [0.5, 0.6) is 0 Å². The zero-order valence-corrected chi connectivity index (χ0v) is 11.9. The van der Waals surface area contributed by atoms with Gasteiger partial charge in [0.2, 0.25) is 5.91 Å². The zero-order valence-electron chi connectivity index (χ0n) is 11.9. The van der Waals surface area contributed by atoms with E-state index in [1.165, 1.54) is 0 Å². The molecule has 3 atom stereocenters. The molecular formula is C13H28N2O3. The molecule has 5 nitrogen and oxygen atoms in total. The number of carbonyl (C=O) groups excluding carboxylic acids is 1. The molecule has 0 saturated heterocycles. The van der Waals surface area contributed by atoms with Crippen LogP contribution in [0.2, 0.25) is 0 Å². The number of aliphatic hydroxyl groups is 2. The zero-order chi connectivity index (χ0) is 14.1. The van der Waals surface area contributed by atoms with Gasteiger partial charge in [-0.2, -0.15) is 0 Å². The summed E-state index contributed by atoms with van der Waals surface area (Å²) in [5.74, 6) is 0.167. The molecule has 0 saturated carbocycles. The Hall–Kier alpha value is -0.650. The highest BCUT2D eigenvalue weighted by atomic mass is 16.3. The number of aliphatic hydroxyl groups excluding tert-OH is 2.